The van der Waals surface area contributed by atoms with Gasteiger partial charge in [0.15, 0.2) is 0 Å². The minimum Gasteiger partial charge on any atom is -0.338 e. The Morgan fingerprint density at radius 3 is 3.00 bits per heavy atom. The topological polar surface area (TPSA) is 53.2 Å². The first-order chi connectivity index (χ1) is 6.74. The summed E-state index contributed by atoms with van der Waals surface area (Å²) < 4.78 is 0. The Hall–Kier alpha value is -0.770. The number of hydrogen-bond acceptors (Lipinski definition) is 2. The van der Waals surface area contributed by atoms with Crippen LogP contribution in [0.3, 0.4) is 0 Å². The summed E-state index contributed by atoms with van der Waals surface area (Å²) in [5.41, 5.74) is 0. The Morgan fingerprint density at radius 2 is 2.36 bits per heavy atom. The summed E-state index contributed by atoms with van der Waals surface area (Å²) in [5.74, 6) is 0. The molecule has 4 nitrogen and oxygen atoms in total. The molecule has 0 aromatic heterocycles. The van der Waals surface area contributed by atoms with Crippen LogP contribution in [-0.4, -0.2) is 31.2 Å². The zero-order valence-corrected chi connectivity index (χ0v) is 9.10. The van der Waals surface area contributed by atoms with E-state index in [1.807, 2.05) is 6.92 Å². The molecule has 1 rings (SSSR count). The smallest absolute Gasteiger partial charge is 0.315 e. The molecule has 0 aliphatic carbocycles. The number of rotatable bonds is 3. The molecular formula is C10H21N3O. The van der Waals surface area contributed by atoms with Crippen molar-refractivity contribution in [1.29, 1.82) is 0 Å². The van der Waals surface area contributed by atoms with Gasteiger partial charge in [-0.05, 0) is 32.7 Å². The first kappa shape index (κ1) is 11.3. The molecule has 2 atom stereocenters. The van der Waals surface area contributed by atoms with Crippen LogP contribution in [0.5, 0.6) is 0 Å². The summed E-state index contributed by atoms with van der Waals surface area (Å²) in [6, 6.07) is 0.629. The Labute approximate surface area is 85.8 Å². The molecule has 0 radical (unpaired) electrons. The van der Waals surface area contributed by atoms with E-state index in [1.165, 1.54) is 0 Å². The quantitative estimate of drug-likeness (QED) is 0.631. The van der Waals surface area contributed by atoms with Crippen LogP contribution in [0.4, 0.5) is 4.79 Å². The minimum atomic E-state index is -0.0348. The molecule has 14 heavy (non-hydrogen) atoms. The molecule has 0 spiro atoms. The fourth-order valence-corrected chi connectivity index (χ4v) is 1.70. The largest absolute Gasteiger partial charge is 0.338 e. The van der Waals surface area contributed by atoms with Gasteiger partial charge in [0.05, 0.1) is 0 Å². The second kappa shape index (κ2) is 5.86. The maximum Gasteiger partial charge on any atom is 0.315 e. The lowest BCUT2D eigenvalue weighted by Gasteiger charge is -2.30. The maximum atomic E-state index is 11.4. The number of hydrogen-bond donors (Lipinski definition) is 3. The van der Waals surface area contributed by atoms with Gasteiger partial charge in [0.25, 0.3) is 0 Å². The van der Waals surface area contributed by atoms with E-state index in [1.54, 1.807) is 0 Å². The van der Waals surface area contributed by atoms with Crippen LogP contribution in [0, 0.1) is 0 Å². The molecule has 2 amide bonds. The Balaban J connectivity index is 2.23. The maximum absolute atomic E-state index is 11.4. The molecular weight excluding hydrogens is 178 g/mol. The molecule has 0 bridgehead atoms. The third kappa shape index (κ3) is 3.54. The van der Waals surface area contributed by atoms with E-state index in [4.69, 9.17) is 0 Å². The van der Waals surface area contributed by atoms with Gasteiger partial charge in [-0.3, -0.25) is 0 Å². The molecule has 1 heterocycles. The number of amides is 2. The van der Waals surface area contributed by atoms with Gasteiger partial charge in [-0.1, -0.05) is 6.92 Å². The van der Waals surface area contributed by atoms with Gasteiger partial charge in [-0.25, -0.2) is 4.79 Å². The van der Waals surface area contributed by atoms with Crippen molar-refractivity contribution in [3.63, 3.8) is 0 Å². The predicted octanol–water partition coefficient (Wildman–Crippen LogP) is 0.836. The fourth-order valence-electron chi connectivity index (χ4n) is 1.70. The average Bonchev–Trinajstić information content (AvgIpc) is 2.18. The van der Waals surface area contributed by atoms with Crippen LogP contribution in [0.15, 0.2) is 0 Å². The van der Waals surface area contributed by atoms with Gasteiger partial charge in [0, 0.05) is 18.6 Å². The van der Waals surface area contributed by atoms with Gasteiger partial charge >= 0.3 is 6.03 Å². The minimum absolute atomic E-state index is 0.0348. The van der Waals surface area contributed by atoms with Crippen molar-refractivity contribution in [3.8, 4) is 0 Å². The van der Waals surface area contributed by atoms with E-state index in [-0.39, 0.29) is 12.1 Å². The van der Waals surface area contributed by atoms with E-state index in [2.05, 4.69) is 22.9 Å². The zero-order chi connectivity index (χ0) is 10.4. The summed E-state index contributed by atoms with van der Waals surface area (Å²) in [4.78, 5) is 11.4. The van der Waals surface area contributed by atoms with E-state index in [9.17, 15) is 4.79 Å². The number of carbonyl (C=O) groups is 1. The van der Waals surface area contributed by atoms with Crippen LogP contribution in [0.1, 0.15) is 33.1 Å². The normalized spacial score (nSPS) is 27.0. The molecule has 1 fully saturated rings. The van der Waals surface area contributed by atoms with Gasteiger partial charge in [-0.15, -0.1) is 0 Å². The second-order valence-corrected chi connectivity index (χ2v) is 3.89. The first-order valence-corrected chi connectivity index (χ1v) is 5.51. The lowest BCUT2D eigenvalue weighted by Crippen LogP contribution is -2.54. The number of piperidine rings is 1. The van der Waals surface area contributed by atoms with Crippen molar-refractivity contribution < 1.29 is 4.79 Å². The molecule has 3 N–H and O–H groups in total. The van der Waals surface area contributed by atoms with E-state index in [0.717, 1.165) is 32.4 Å². The number of carbonyl (C=O) groups excluding carboxylic acids is 1. The predicted molar refractivity (Wildman–Crippen MR) is 57.3 cm³/mol. The first-order valence-electron chi connectivity index (χ1n) is 5.51. The molecule has 82 valence electrons. The molecule has 4 heteroatoms. The van der Waals surface area contributed by atoms with E-state index < -0.39 is 0 Å². The highest BCUT2D eigenvalue weighted by molar-refractivity contribution is 5.74. The van der Waals surface area contributed by atoms with Crippen LogP contribution < -0.4 is 16.0 Å². The molecule has 0 saturated carbocycles. The van der Waals surface area contributed by atoms with Crippen molar-refractivity contribution in [2.24, 2.45) is 0 Å². The van der Waals surface area contributed by atoms with Gasteiger partial charge < -0.3 is 16.0 Å². The summed E-state index contributed by atoms with van der Waals surface area (Å²) in [6.07, 6.45) is 3.20. The van der Waals surface area contributed by atoms with Crippen LogP contribution >= 0.6 is 0 Å². The lowest BCUT2D eigenvalue weighted by atomic mass is 10.0. The summed E-state index contributed by atoms with van der Waals surface area (Å²) in [6.45, 7) is 5.98. The van der Waals surface area contributed by atoms with Crippen LogP contribution in [0.25, 0.3) is 0 Å². The average molecular weight is 199 g/mol. The Morgan fingerprint density at radius 1 is 1.57 bits per heavy atom. The van der Waals surface area contributed by atoms with Crippen molar-refractivity contribution in [3.05, 3.63) is 0 Å². The van der Waals surface area contributed by atoms with Crippen molar-refractivity contribution >= 4 is 6.03 Å². The molecule has 0 aromatic carbocycles. The molecule has 1 aliphatic rings. The third-order valence-corrected chi connectivity index (χ3v) is 2.61. The Bertz CT molecular complexity index is 184. The van der Waals surface area contributed by atoms with E-state index >= 15 is 0 Å². The second-order valence-electron chi connectivity index (χ2n) is 3.89. The third-order valence-electron chi connectivity index (χ3n) is 2.61. The molecule has 0 aromatic rings. The number of urea groups is 1. The Kier molecular flexibility index (Phi) is 4.73. The lowest BCUT2D eigenvalue weighted by molar-refractivity contribution is 0.228. The monoisotopic (exact) mass is 199 g/mol. The van der Waals surface area contributed by atoms with Crippen LogP contribution in [0.2, 0.25) is 0 Å². The highest BCUT2D eigenvalue weighted by atomic mass is 16.2. The fraction of sp³-hybridized carbons (Fsp3) is 0.900. The SMILES string of the molecule is CCCNC(=O)NC1CCCNC1C. The van der Waals surface area contributed by atoms with E-state index in [0.29, 0.717) is 6.04 Å². The summed E-state index contributed by atoms with van der Waals surface area (Å²) in [7, 11) is 0. The highest BCUT2D eigenvalue weighted by Crippen LogP contribution is 2.07. The summed E-state index contributed by atoms with van der Waals surface area (Å²) in [5, 5.41) is 9.16. The van der Waals surface area contributed by atoms with Gasteiger partial charge in [0.2, 0.25) is 0 Å². The van der Waals surface area contributed by atoms with Gasteiger partial charge in [0.1, 0.15) is 0 Å². The number of nitrogens with one attached hydrogen (secondary N) is 3. The van der Waals surface area contributed by atoms with Crippen molar-refractivity contribution in [2.45, 2.75) is 45.2 Å². The molecule has 1 aliphatic heterocycles. The summed E-state index contributed by atoms with van der Waals surface area (Å²) >= 11 is 0. The van der Waals surface area contributed by atoms with Crippen molar-refractivity contribution in [1.82, 2.24) is 16.0 Å². The van der Waals surface area contributed by atoms with Crippen LogP contribution in [-0.2, 0) is 0 Å². The standard InChI is InChI=1S/C10H21N3O/c1-3-6-12-10(14)13-9-5-4-7-11-8(9)2/h8-9,11H,3-7H2,1-2H3,(H2,12,13,14). The van der Waals surface area contributed by atoms with Gasteiger partial charge in [-0.2, -0.15) is 0 Å². The molecule has 2 unspecified atom stereocenters. The molecule has 1 saturated heterocycles. The highest BCUT2D eigenvalue weighted by Gasteiger charge is 2.21. The van der Waals surface area contributed by atoms with Crippen molar-refractivity contribution in [2.75, 3.05) is 13.1 Å². The zero-order valence-electron chi connectivity index (χ0n) is 9.10.